The molecule has 0 fully saturated rings. The lowest BCUT2D eigenvalue weighted by molar-refractivity contribution is -0.142. The van der Waals surface area contributed by atoms with E-state index in [-0.39, 0.29) is 24.1 Å². The maximum absolute atomic E-state index is 12.2. The van der Waals surface area contributed by atoms with E-state index < -0.39 is 0 Å². The second kappa shape index (κ2) is 10.5. The van der Waals surface area contributed by atoms with Gasteiger partial charge in [-0.15, -0.1) is 21.5 Å². The number of hydrogen-bond acceptors (Lipinski definition) is 10. The molecule has 158 valence electrons. The van der Waals surface area contributed by atoms with Gasteiger partial charge in [0.25, 0.3) is 0 Å². The third kappa shape index (κ3) is 6.51. The Kier molecular flexibility index (Phi) is 7.77. The van der Waals surface area contributed by atoms with Gasteiger partial charge in [-0.25, -0.2) is 4.98 Å². The molecule has 1 aromatic carbocycles. The highest BCUT2D eigenvalue weighted by Gasteiger charge is 2.12. The van der Waals surface area contributed by atoms with Crippen LogP contribution in [0.15, 0.2) is 27.9 Å². The normalized spacial score (nSPS) is 10.6. The zero-order valence-electron chi connectivity index (χ0n) is 16.7. The van der Waals surface area contributed by atoms with Gasteiger partial charge in [0.05, 0.1) is 24.5 Å². The third-order valence-electron chi connectivity index (χ3n) is 3.92. The van der Waals surface area contributed by atoms with Crippen LogP contribution in [0.5, 0.6) is 0 Å². The van der Waals surface area contributed by atoms with Crippen molar-refractivity contribution in [1.29, 1.82) is 0 Å². The van der Waals surface area contributed by atoms with Crippen molar-refractivity contribution in [3.8, 4) is 0 Å². The fourth-order valence-corrected chi connectivity index (χ4v) is 4.65. The lowest BCUT2D eigenvalue weighted by atomic mass is 10.1. The van der Waals surface area contributed by atoms with E-state index in [0.717, 1.165) is 5.69 Å². The Labute approximate surface area is 186 Å². The SMILES string of the molecule is CCOC(=O)Cc1csc(NC(=O)CSc2nnc(Nc3ccc(C)c(C)c3)s2)n1. The lowest BCUT2D eigenvalue weighted by Crippen LogP contribution is -2.14. The van der Waals surface area contributed by atoms with Crippen LogP contribution in [0.1, 0.15) is 23.7 Å². The maximum atomic E-state index is 12.2. The van der Waals surface area contributed by atoms with Crippen molar-refractivity contribution >= 4 is 62.3 Å². The van der Waals surface area contributed by atoms with Crippen LogP contribution in [0.3, 0.4) is 0 Å². The van der Waals surface area contributed by atoms with E-state index in [4.69, 9.17) is 4.74 Å². The zero-order valence-corrected chi connectivity index (χ0v) is 19.2. The number of thiazole rings is 1. The zero-order chi connectivity index (χ0) is 21.5. The van der Waals surface area contributed by atoms with Crippen molar-refractivity contribution in [1.82, 2.24) is 15.2 Å². The van der Waals surface area contributed by atoms with Crippen molar-refractivity contribution in [3.63, 3.8) is 0 Å². The number of carbonyl (C=O) groups is 2. The number of hydrogen-bond donors (Lipinski definition) is 2. The minimum atomic E-state index is -0.335. The molecule has 30 heavy (non-hydrogen) atoms. The van der Waals surface area contributed by atoms with Gasteiger partial charge in [0.15, 0.2) is 9.47 Å². The molecule has 0 unspecified atom stereocenters. The molecule has 0 spiro atoms. The first kappa shape index (κ1) is 22.2. The first-order valence-electron chi connectivity index (χ1n) is 9.13. The topological polar surface area (TPSA) is 106 Å². The van der Waals surface area contributed by atoms with Crippen molar-refractivity contribution in [2.24, 2.45) is 0 Å². The summed E-state index contributed by atoms with van der Waals surface area (Å²) in [5.41, 5.74) is 3.95. The van der Waals surface area contributed by atoms with Gasteiger partial charge in [0, 0.05) is 11.1 Å². The van der Waals surface area contributed by atoms with E-state index in [0.29, 0.717) is 26.9 Å². The number of benzene rings is 1. The Morgan fingerprint density at radius 2 is 2.00 bits per heavy atom. The average molecular weight is 464 g/mol. The number of esters is 1. The van der Waals surface area contributed by atoms with Crippen molar-refractivity contribution in [2.45, 2.75) is 31.5 Å². The Morgan fingerprint density at radius 3 is 2.77 bits per heavy atom. The molecule has 3 rings (SSSR count). The number of ether oxygens (including phenoxy) is 1. The largest absolute Gasteiger partial charge is 0.466 e. The van der Waals surface area contributed by atoms with Gasteiger partial charge in [-0.05, 0) is 44.0 Å². The smallest absolute Gasteiger partial charge is 0.311 e. The van der Waals surface area contributed by atoms with Crippen LogP contribution < -0.4 is 10.6 Å². The summed E-state index contributed by atoms with van der Waals surface area (Å²) in [7, 11) is 0. The number of anilines is 3. The van der Waals surface area contributed by atoms with E-state index in [1.54, 1.807) is 12.3 Å². The average Bonchev–Trinajstić information content (AvgIpc) is 3.32. The number of rotatable bonds is 9. The van der Waals surface area contributed by atoms with E-state index in [2.05, 4.69) is 51.8 Å². The van der Waals surface area contributed by atoms with E-state index in [1.807, 2.05) is 6.07 Å². The molecular weight excluding hydrogens is 442 g/mol. The number of carbonyl (C=O) groups excluding carboxylic acids is 2. The van der Waals surface area contributed by atoms with Crippen LogP contribution in [0.4, 0.5) is 16.0 Å². The monoisotopic (exact) mass is 463 g/mol. The summed E-state index contributed by atoms with van der Waals surface area (Å²) in [6.45, 7) is 6.21. The minimum absolute atomic E-state index is 0.0933. The number of nitrogens with zero attached hydrogens (tertiary/aromatic N) is 3. The predicted molar refractivity (Wildman–Crippen MR) is 121 cm³/mol. The molecule has 0 saturated carbocycles. The van der Waals surface area contributed by atoms with Gasteiger partial charge in [-0.2, -0.15) is 0 Å². The number of aryl methyl sites for hydroxylation is 2. The number of nitrogens with one attached hydrogen (secondary N) is 2. The Morgan fingerprint density at radius 1 is 1.17 bits per heavy atom. The molecule has 0 aliphatic carbocycles. The second-order valence-electron chi connectivity index (χ2n) is 6.26. The maximum Gasteiger partial charge on any atom is 0.311 e. The summed E-state index contributed by atoms with van der Waals surface area (Å²) < 4.78 is 5.59. The molecule has 2 aromatic heterocycles. The molecule has 0 aliphatic rings. The minimum Gasteiger partial charge on any atom is -0.466 e. The third-order valence-corrected chi connectivity index (χ3v) is 6.70. The molecule has 11 heteroatoms. The number of thioether (sulfide) groups is 1. The summed E-state index contributed by atoms with van der Waals surface area (Å²) in [6, 6.07) is 6.10. The van der Waals surface area contributed by atoms with Crippen LogP contribution in [-0.2, 0) is 20.7 Å². The first-order valence-corrected chi connectivity index (χ1v) is 11.8. The molecule has 0 saturated heterocycles. The molecule has 2 N–H and O–H groups in total. The summed E-state index contributed by atoms with van der Waals surface area (Å²) in [6.07, 6.45) is 0.0933. The van der Waals surface area contributed by atoms with Crippen molar-refractivity contribution in [2.75, 3.05) is 23.0 Å². The van der Waals surface area contributed by atoms with Crippen molar-refractivity contribution in [3.05, 3.63) is 40.4 Å². The fourth-order valence-electron chi connectivity index (χ4n) is 2.35. The molecular formula is C19H21N5O3S3. The predicted octanol–water partition coefficient (Wildman–Crippen LogP) is 4.19. The highest BCUT2D eigenvalue weighted by Crippen LogP contribution is 2.28. The van der Waals surface area contributed by atoms with Gasteiger partial charge in [0.2, 0.25) is 11.0 Å². The quantitative estimate of drug-likeness (QED) is 0.359. The standard InChI is InChI=1S/C19H21N5O3S3/c1-4-27-16(26)8-14-9-28-17(21-14)22-15(25)10-29-19-24-23-18(30-19)20-13-6-5-11(2)12(3)7-13/h5-7,9H,4,8,10H2,1-3H3,(H,20,23)(H,21,22,25). The van der Waals surface area contributed by atoms with Crippen LogP contribution in [0.25, 0.3) is 0 Å². The van der Waals surface area contributed by atoms with Crippen LogP contribution in [0.2, 0.25) is 0 Å². The summed E-state index contributed by atoms with van der Waals surface area (Å²) in [4.78, 5) is 27.9. The molecule has 3 aromatic rings. The Bertz CT molecular complexity index is 1030. The van der Waals surface area contributed by atoms with E-state index >= 15 is 0 Å². The summed E-state index contributed by atoms with van der Waals surface area (Å²) >= 11 is 3.96. The molecule has 8 nitrogen and oxygen atoms in total. The van der Waals surface area contributed by atoms with Crippen LogP contribution in [0, 0.1) is 13.8 Å². The number of aromatic nitrogens is 3. The molecule has 0 aliphatic heterocycles. The van der Waals surface area contributed by atoms with Gasteiger partial charge in [-0.3, -0.25) is 9.59 Å². The van der Waals surface area contributed by atoms with Gasteiger partial charge in [0.1, 0.15) is 0 Å². The highest BCUT2D eigenvalue weighted by atomic mass is 32.2. The van der Waals surface area contributed by atoms with E-state index in [1.165, 1.54) is 45.6 Å². The summed E-state index contributed by atoms with van der Waals surface area (Å²) in [5, 5.41) is 17.1. The molecule has 0 radical (unpaired) electrons. The first-order chi connectivity index (χ1) is 14.4. The molecule has 2 heterocycles. The molecule has 0 atom stereocenters. The molecule has 0 bridgehead atoms. The summed E-state index contributed by atoms with van der Waals surface area (Å²) in [5.74, 6) is -0.348. The van der Waals surface area contributed by atoms with Crippen LogP contribution in [-0.4, -0.2) is 39.4 Å². The lowest BCUT2D eigenvalue weighted by Gasteiger charge is -2.05. The van der Waals surface area contributed by atoms with Gasteiger partial charge < -0.3 is 15.4 Å². The fraction of sp³-hybridized carbons (Fsp3) is 0.316. The Balaban J connectivity index is 1.46. The second-order valence-corrected chi connectivity index (χ2v) is 9.32. The van der Waals surface area contributed by atoms with E-state index in [9.17, 15) is 9.59 Å². The highest BCUT2D eigenvalue weighted by molar-refractivity contribution is 8.01. The molecule has 1 amide bonds. The van der Waals surface area contributed by atoms with Gasteiger partial charge in [-0.1, -0.05) is 29.2 Å². The Hall–Kier alpha value is -2.50. The van der Waals surface area contributed by atoms with Crippen molar-refractivity contribution < 1.29 is 14.3 Å². The number of amides is 1. The van der Waals surface area contributed by atoms with Crippen LogP contribution >= 0.6 is 34.4 Å². The van der Waals surface area contributed by atoms with Gasteiger partial charge >= 0.3 is 5.97 Å².